The molecule has 9 heteroatoms. The molecule has 4 N–H and O–H groups in total. The molecule has 0 fully saturated rings. The van der Waals surface area contributed by atoms with Crippen LogP contribution in [0.1, 0.15) is 27.2 Å². The van der Waals surface area contributed by atoms with E-state index in [4.69, 9.17) is 34.8 Å². The van der Waals surface area contributed by atoms with E-state index in [0.29, 0.717) is 43.1 Å². The molecule has 1 aromatic heterocycles. The molecular formula is C23H20Cl3N3O3. The quantitative estimate of drug-likeness (QED) is 0.356. The van der Waals surface area contributed by atoms with E-state index in [1.54, 1.807) is 55.6 Å². The van der Waals surface area contributed by atoms with E-state index >= 15 is 0 Å². The highest BCUT2D eigenvalue weighted by Gasteiger charge is 2.16. The summed E-state index contributed by atoms with van der Waals surface area (Å²) in [5.41, 5.74) is 3.72. The number of nitrogens with one attached hydrogen (secondary N) is 3. The summed E-state index contributed by atoms with van der Waals surface area (Å²) in [5, 5.41) is 16.0. The van der Waals surface area contributed by atoms with Crippen molar-refractivity contribution >= 4 is 52.7 Å². The van der Waals surface area contributed by atoms with Crippen molar-refractivity contribution in [3.63, 3.8) is 0 Å². The van der Waals surface area contributed by atoms with Crippen LogP contribution in [-0.2, 0) is 17.9 Å². The number of aromatic amines is 1. The van der Waals surface area contributed by atoms with Crippen LogP contribution in [0.4, 0.5) is 0 Å². The average molecular weight is 493 g/mol. The number of hydrogen-bond donors (Lipinski definition) is 4. The molecule has 0 bridgehead atoms. The number of rotatable bonds is 7. The van der Waals surface area contributed by atoms with Gasteiger partial charge in [0.1, 0.15) is 5.15 Å². The Morgan fingerprint density at radius 3 is 2.44 bits per heavy atom. The number of amides is 2. The van der Waals surface area contributed by atoms with Gasteiger partial charge >= 0.3 is 0 Å². The lowest BCUT2D eigenvalue weighted by molar-refractivity contribution is -0.116. The van der Waals surface area contributed by atoms with Crippen LogP contribution in [0.25, 0.3) is 17.2 Å². The van der Waals surface area contributed by atoms with Gasteiger partial charge in [0.15, 0.2) is 0 Å². The number of carbonyl (C=O) groups excluding carboxylic acids is 2. The summed E-state index contributed by atoms with van der Waals surface area (Å²) in [6.45, 7) is -0.126. The van der Waals surface area contributed by atoms with Crippen molar-refractivity contribution in [3.05, 3.63) is 86.1 Å². The molecule has 0 aliphatic heterocycles. The summed E-state index contributed by atoms with van der Waals surface area (Å²) >= 11 is 18.7. The fourth-order valence-corrected chi connectivity index (χ4v) is 3.90. The molecule has 6 nitrogen and oxygen atoms in total. The van der Waals surface area contributed by atoms with E-state index in [-0.39, 0.29) is 25.0 Å². The minimum atomic E-state index is -0.310. The number of aromatic nitrogens is 1. The molecule has 166 valence electrons. The first-order valence-corrected chi connectivity index (χ1v) is 10.7. The zero-order valence-electron chi connectivity index (χ0n) is 17.0. The van der Waals surface area contributed by atoms with E-state index in [9.17, 15) is 14.7 Å². The molecule has 0 aliphatic rings. The van der Waals surface area contributed by atoms with Crippen LogP contribution in [0.5, 0.6) is 0 Å². The summed E-state index contributed by atoms with van der Waals surface area (Å²) < 4.78 is 0. The van der Waals surface area contributed by atoms with Crippen LogP contribution in [0.2, 0.25) is 15.2 Å². The molecule has 0 unspecified atom stereocenters. The molecule has 3 aromatic rings. The topological polar surface area (TPSA) is 94.2 Å². The molecular weight excluding hydrogens is 473 g/mol. The predicted octanol–water partition coefficient (Wildman–Crippen LogP) is 4.82. The molecule has 0 atom stereocenters. The number of carbonyl (C=O) groups is 2. The molecule has 2 amide bonds. The molecule has 1 heterocycles. The largest absolute Gasteiger partial charge is 0.392 e. The number of halogens is 3. The first-order chi connectivity index (χ1) is 15.3. The van der Waals surface area contributed by atoms with Gasteiger partial charge in [-0.25, -0.2) is 0 Å². The van der Waals surface area contributed by atoms with Gasteiger partial charge in [0.25, 0.3) is 5.91 Å². The Balaban J connectivity index is 1.71. The van der Waals surface area contributed by atoms with E-state index in [1.807, 2.05) is 0 Å². The minimum Gasteiger partial charge on any atom is -0.392 e. The third kappa shape index (κ3) is 5.53. The highest BCUT2D eigenvalue weighted by atomic mass is 35.5. The average Bonchev–Trinajstić information content (AvgIpc) is 3.16. The third-order valence-corrected chi connectivity index (χ3v) is 5.76. The number of aliphatic hydroxyl groups is 1. The maximum Gasteiger partial charge on any atom is 0.251 e. The normalized spacial score (nSPS) is 11.0. The van der Waals surface area contributed by atoms with Gasteiger partial charge < -0.3 is 20.7 Å². The lowest BCUT2D eigenvalue weighted by Crippen LogP contribution is -2.20. The van der Waals surface area contributed by atoms with Crippen LogP contribution in [0.3, 0.4) is 0 Å². The van der Waals surface area contributed by atoms with Gasteiger partial charge in [-0.15, -0.1) is 0 Å². The number of aliphatic hydroxyl groups excluding tert-OH is 1. The highest BCUT2D eigenvalue weighted by Crippen LogP contribution is 2.37. The molecule has 0 saturated carbocycles. The van der Waals surface area contributed by atoms with Crippen molar-refractivity contribution in [2.24, 2.45) is 0 Å². The van der Waals surface area contributed by atoms with Crippen LogP contribution < -0.4 is 10.6 Å². The summed E-state index contributed by atoms with van der Waals surface area (Å²) in [4.78, 5) is 26.9. The Morgan fingerprint density at radius 1 is 1.06 bits per heavy atom. The lowest BCUT2D eigenvalue weighted by Gasteiger charge is -2.11. The monoisotopic (exact) mass is 491 g/mol. The summed E-state index contributed by atoms with van der Waals surface area (Å²) in [6.07, 6.45) is 3.05. The zero-order chi connectivity index (χ0) is 23.3. The Hall–Kier alpha value is -2.77. The Bertz CT molecular complexity index is 1170. The van der Waals surface area contributed by atoms with Crippen molar-refractivity contribution in [2.75, 3.05) is 7.05 Å². The van der Waals surface area contributed by atoms with E-state index < -0.39 is 0 Å². The van der Waals surface area contributed by atoms with E-state index in [2.05, 4.69) is 15.6 Å². The molecule has 2 aromatic carbocycles. The summed E-state index contributed by atoms with van der Waals surface area (Å²) in [5.74, 6) is -0.485. The van der Waals surface area contributed by atoms with E-state index in [0.717, 1.165) is 5.56 Å². The van der Waals surface area contributed by atoms with E-state index in [1.165, 1.54) is 6.08 Å². The molecule has 3 rings (SSSR count). The summed E-state index contributed by atoms with van der Waals surface area (Å²) in [7, 11) is 1.57. The number of hydrogen-bond acceptors (Lipinski definition) is 3. The minimum absolute atomic E-state index is 0.175. The van der Waals surface area contributed by atoms with Crippen molar-refractivity contribution in [3.8, 4) is 11.1 Å². The second-order valence-electron chi connectivity index (χ2n) is 6.81. The highest BCUT2D eigenvalue weighted by molar-refractivity contribution is 6.38. The first-order valence-electron chi connectivity index (χ1n) is 9.57. The molecule has 0 spiro atoms. The van der Waals surface area contributed by atoms with Gasteiger partial charge in [-0.1, -0.05) is 53.0 Å². The molecule has 0 aliphatic carbocycles. The Labute approximate surface area is 200 Å². The fraction of sp³-hybridized carbons (Fsp3) is 0.130. The number of benzene rings is 2. The molecule has 0 saturated heterocycles. The SMILES string of the molecule is CNC(=O)c1ccc(C=CC(=O)NCc2[nH]c(Cl)cc2-c2ccc(Cl)c(CO)c2Cl)cc1. The van der Waals surface area contributed by atoms with Crippen LogP contribution >= 0.6 is 34.8 Å². The first kappa shape index (κ1) is 23.9. The second kappa shape index (κ2) is 10.7. The predicted molar refractivity (Wildman–Crippen MR) is 128 cm³/mol. The van der Waals surface area contributed by atoms with Crippen LogP contribution in [0, 0.1) is 0 Å². The summed E-state index contributed by atoms with van der Waals surface area (Å²) in [6, 6.07) is 11.9. The van der Waals surface area contributed by atoms with Crippen molar-refractivity contribution in [1.29, 1.82) is 0 Å². The van der Waals surface area contributed by atoms with Gasteiger partial charge in [0.2, 0.25) is 5.91 Å². The number of H-pyrrole nitrogens is 1. The second-order valence-corrected chi connectivity index (χ2v) is 8.00. The van der Waals surface area contributed by atoms with Crippen LogP contribution in [0.15, 0.2) is 48.5 Å². The Morgan fingerprint density at radius 2 is 1.78 bits per heavy atom. The van der Waals surface area contributed by atoms with Gasteiger partial charge in [-0.05, 0) is 35.9 Å². The third-order valence-electron chi connectivity index (χ3n) is 4.77. The molecule has 0 radical (unpaired) electrons. The lowest BCUT2D eigenvalue weighted by atomic mass is 10.0. The van der Waals surface area contributed by atoms with Gasteiger partial charge in [-0.2, -0.15) is 0 Å². The van der Waals surface area contributed by atoms with Gasteiger partial charge in [0, 0.05) is 46.1 Å². The zero-order valence-corrected chi connectivity index (χ0v) is 19.3. The van der Waals surface area contributed by atoms with Gasteiger partial charge in [0.05, 0.1) is 18.2 Å². The Kier molecular flexibility index (Phi) is 7.99. The smallest absolute Gasteiger partial charge is 0.251 e. The molecule has 32 heavy (non-hydrogen) atoms. The van der Waals surface area contributed by atoms with Crippen LogP contribution in [-0.4, -0.2) is 29.0 Å². The fourth-order valence-electron chi connectivity index (χ4n) is 3.09. The van der Waals surface area contributed by atoms with Crippen molar-refractivity contribution in [1.82, 2.24) is 15.6 Å². The van der Waals surface area contributed by atoms with Crippen molar-refractivity contribution < 1.29 is 14.7 Å². The van der Waals surface area contributed by atoms with Gasteiger partial charge in [-0.3, -0.25) is 9.59 Å². The van der Waals surface area contributed by atoms with Crippen molar-refractivity contribution in [2.45, 2.75) is 13.2 Å². The maximum atomic E-state index is 12.3. The maximum absolute atomic E-state index is 12.3. The standard InChI is InChI=1S/C23H20Cl3N3O3/c1-27-23(32)14-5-2-13(3-6-14)4-9-21(31)28-11-19-16(10-20(25)29-19)15-7-8-18(24)17(12-30)22(15)26/h2-10,29-30H,11-12H2,1H3,(H,27,32)(H,28,31).